The molecule has 1 spiro atoms. The van der Waals surface area contributed by atoms with Crippen molar-refractivity contribution in [2.24, 2.45) is 5.41 Å². The summed E-state index contributed by atoms with van der Waals surface area (Å²) in [6, 6.07) is 1.81. The van der Waals surface area contributed by atoms with Gasteiger partial charge in [-0.3, -0.25) is 4.68 Å². The second-order valence-corrected chi connectivity index (χ2v) is 12.0. The summed E-state index contributed by atoms with van der Waals surface area (Å²) in [4.78, 5) is 14.2. The van der Waals surface area contributed by atoms with Gasteiger partial charge in [-0.25, -0.2) is 4.79 Å². The van der Waals surface area contributed by atoms with Crippen molar-refractivity contribution in [1.82, 2.24) is 19.4 Å². The first-order valence-electron chi connectivity index (χ1n) is 10.1. The van der Waals surface area contributed by atoms with Crippen LogP contribution < -0.4 is 9.46 Å². The first kappa shape index (κ1) is 22.2. The Balaban J connectivity index is 1.79. The number of carbonyl (C=O) groups excluding carboxylic acids is 1. The van der Waals surface area contributed by atoms with E-state index in [2.05, 4.69) is 9.82 Å². The van der Waals surface area contributed by atoms with Crippen LogP contribution in [-0.2, 0) is 22.6 Å². The van der Waals surface area contributed by atoms with Crippen molar-refractivity contribution < 1.29 is 18.8 Å². The smallest absolute Gasteiger partial charge is 0.410 e. The molecular formula is C20H34N4O4S. The van der Waals surface area contributed by atoms with Crippen molar-refractivity contribution in [2.45, 2.75) is 77.3 Å². The van der Waals surface area contributed by atoms with Gasteiger partial charge in [-0.05, 0) is 54.4 Å². The van der Waals surface area contributed by atoms with Crippen molar-refractivity contribution in [3.63, 3.8) is 0 Å². The van der Waals surface area contributed by atoms with Crippen LogP contribution in [0.3, 0.4) is 0 Å². The highest BCUT2D eigenvalue weighted by Gasteiger charge is 2.52. The van der Waals surface area contributed by atoms with E-state index in [1.165, 1.54) is 0 Å². The van der Waals surface area contributed by atoms with Crippen molar-refractivity contribution in [1.29, 1.82) is 0 Å². The molecule has 3 rings (SSSR count). The Morgan fingerprint density at radius 1 is 1.28 bits per heavy atom. The fourth-order valence-corrected chi connectivity index (χ4v) is 4.88. The minimum absolute atomic E-state index is 0.111. The lowest BCUT2D eigenvalue weighted by atomic mass is 9.73. The Kier molecular flexibility index (Phi) is 5.88. The first-order chi connectivity index (χ1) is 13.3. The van der Waals surface area contributed by atoms with E-state index in [1.807, 2.05) is 52.3 Å². The number of hydrogen-bond donors (Lipinski definition) is 1. The Morgan fingerprint density at radius 3 is 2.41 bits per heavy atom. The highest BCUT2D eigenvalue weighted by Crippen LogP contribution is 2.50. The van der Waals surface area contributed by atoms with Crippen LogP contribution in [0, 0.1) is 5.41 Å². The maximum Gasteiger partial charge on any atom is 0.410 e. The molecule has 1 N–H and O–H groups in total. The van der Waals surface area contributed by atoms with Crippen LogP contribution in [0.2, 0.25) is 0 Å². The third-order valence-electron chi connectivity index (χ3n) is 5.56. The van der Waals surface area contributed by atoms with E-state index in [-0.39, 0.29) is 22.3 Å². The zero-order chi connectivity index (χ0) is 21.6. The highest BCUT2D eigenvalue weighted by atomic mass is 32.2. The lowest BCUT2D eigenvalue weighted by Crippen LogP contribution is -2.51. The molecule has 1 aromatic rings. The minimum Gasteiger partial charge on any atom is -0.598 e. The van der Waals surface area contributed by atoms with Crippen LogP contribution in [0.1, 0.15) is 66.1 Å². The number of nitrogens with zero attached hydrogens (tertiary/aromatic N) is 3. The van der Waals surface area contributed by atoms with Crippen molar-refractivity contribution >= 4 is 17.5 Å². The second-order valence-electron chi connectivity index (χ2n) is 10.0. The number of likely N-dealkylation sites (tertiary alicyclic amines) is 1. The molecular weight excluding hydrogens is 392 g/mol. The van der Waals surface area contributed by atoms with Crippen LogP contribution >= 0.6 is 0 Å². The number of hydrogen-bond acceptors (Lipinski definition) is 6. The van der Waals surface area contributed by atoms with Gasteiger partial charge in [-0.1, -0.05) is 0 Å². The van der Waals surface area contributed by atoms with Gasteiger partial charge in [0.25, 0.3) is 0 Å². The monoisotopic (exact) mass is 426 g/mol. The molecule has 1 amide bonds. The number of aromatic nitrogens is 2. The largest absolute Gasteiger partial charge is 0.598 e. The van der Waals surface area contributed by atoms with Gasteiger partial charge in [-0.15, -0.1) is 9.82 Å². The van der Waals surface area contributed by atoms with E-state index in [0.717, 1.165) is 18.5 Å². The van der Waals surface area contributed by atoms with E-state index < -0.39 is 17.0 Å². The molecule has 8 nitrogen and oxygen atoms in total. The van der Waals surface area contributed by atoms with Crippen molar-refractivity contribution in [3.8, 4) is 5.88 Å². The van der Waals surface area contributed by atoms with E-state index >= 15 is 0 Å². The maximum absolute atomic E-state index is 12.9. The van der Waals surface area contributed by atoms with Crippen molar-refractivity contribution in [2.75, 3.05) is 20.2 Å². The fourth-order valence-electron chi connectivity index (χ4n) is 3.95. The number of piperidine rings is 1. The summed E-state index contributed by atoms with van der Waals surface area (Å²) in [5, 5.41) is 4.53. The summed E-state index contributed by atoms with van der Waals surface area (Å²) in [7, 11) is 1.60. The Morgan fingerprint density at radius 2 is 1.90 bits per heavy atom. The lowest BCUT2D eigenvalue weighted by molar-refractivity contribution is 0.00559. The molecule has 1 saturated heterocycles. The average molecular weight is 427 g/mol. The average Bonchev–Trinajstić information content (AvgIpc) is 3.10. The van der Waals surface area contributed by atoms with Crippen LogP contribution in [0.25, 0.3) is 0 Å². The van der Waals surface area contributed by atoms with Gasteiger partial charge < -0.3 is 18.9 Å². The molecule has 0 radical (unpaired) electrons. The standard InChI is InChI=1S/C20H34N4O4S/c1-18(2,3)28-17(25)23-10-8-20(9-11-23)13-24-14(12-15(21-24)27-7)16(20)22-29(26)19(4,5)6/h12,16,22H,8-11,13H2,1-7H3/t16-,29?/m1/s1. The minimum atomic E-state index is -1.22. The molecule has 1 unspecified atom stereocenters. The molecule has 0 aliphatic carbocycles. The first-order valence-corrected chi connectivity index (χ1v) is 11.3. The predicted molar refractivity (Wildman–Crippen MR) is 112 cm³/mol. The Hall–Kier alpha value is -1.45. The Labute approximate surface area is 176 Å². The van der Waals surface area contributed by atoms with E-state index in [1.54, 1.807) is 12.0 Å². The molecule has 2 atom stereocenters. The summed E-state index contributed by atoms with van der Waals surface area (Å²) in [5.41, 5.74) is 0.338. The van der Waals surface area contributed by atoms with Crippen LogP contribution in [0.5, 0.6) is 5.88 Å². The molecule has 0 saturated carbocycles. The van der Waals surface area contributed by atoms with Gasteiger partial charge in [-0.2, -0.15) is 0 Å². The van der Waals surface area contributed by atoms with Gasteiger partial charge in [0.2, 0.25) is 5.88 Å². The third-order valence-corrected chi connectivity index (χ3v) is 7.12. The maximum atomic E-state index is 12.9. The molecule has 9 heteroatoms. The van der Waals surface area contributed by atoms with Crippen LogP contribution in [-0.4, -0.2) is 55.9 Å². The van der Waals surface area contributed by atoms with Gasteiger partial charge in [0.1, 0.15) is 16.4 Å². The summed E-state index contributed by atoms with van der Waals surface area (Å²) < 4.78 is 28.7. The number of nitrogens with one attached hydrogen (secondary N) is 1. The predicted octanol–water partition coefficient (Wildman–Crippen LogP) is 3.02. The number of amides is 1. The highest BCUT2D eigenvalue weighted by molar-refractivity contribution is 7.90. The van der Waals surface area contributed by atoms with E-state index in [4.69, 9.17) is 9.47 Å². The van der Waals surface area contributed by atoms with E-state index in [9.17, 15) is 9.35 Å². The molecule has 1 aromatic heterocycles. The van der Waals surface area contributed by atoms with Crippen LogP contribution in [0.4, 0.5) is 4.79 Å². The normalized spacial score (nSPS) is 22.5. The summed E-state index contributed by atoms with van der Waals surface area (Å²) in [6.07, 6.45) is 1.31. The van der Waals surface area contributed by atoms with Gasteiger partial charge >= 0.3 is 6.09 Å². The zero-order valence-corrected chi connectivity index (χ0v) is 19.4. The van der Waals surface area contributed by atoms with Gasteiger partial charge in [0, 0.05) is 42.5 Å². The molecule has 29 heavy (non-hydrogen) atoms. The number of rotatable bonds is 3. The molecule has 164 valence electrons. The molecule has 3 heterocycles. The van der Waals surface area contributed by atoms with Gasteiger partial charge in [0.05, 0.1) is 12.8 Å². The number of ether oxygens (including phenoxy) is 2. The Bertz CT molecular complexity index is 745. The quantitative estimate of drug-likeness (QED) is 0.747. The van der Waals surface area contributed by atoms with E-state index in [0.29, 0.717) is 25.5 Å². The summed E-state index contributed by atoms with van der Waals surface area (Å²) >= 11 is -1.22. The summed E-state index contributed by atoms with van der Waals surface area (Å²) in [6.45, 7) is 13.4. The molecule has 1 fully saturated rings. The topological polar surface area (TPSA) is 91.7 Å². The SMILES string of the molecule is COc1cc2n(n1)CC1(CCN(C(=O)OC(C)(C)C)CC1)[C@@H]2N[S+]([O-])C(C)(C)C. The molecule has 0 aromatic carbocycles. The molecule has 2 aliphatic rings. The zero-order valence-electron chi connectivity index (χ0n) is 18.6. The third kappa shape index (κ3) is 4.67. The van der Waals surface area contributed by atoms with Crippen LogP contribution in [0.15, 0.2) is 6.07 Å². The number of fused-ring (bicyclic) bond motifs is 1. The van der Waals surface area contributed by atoms with Crippen molar-refractivity contribution in [3.05, 3.63) is 11.8 Å². The molecule has 2 aliphatic heterocycles. The number of carbonyl (C=O) groups is 1. The lowest BCUT2D eigenvalue weighted by Gasteiger charge is -2.43. The van der Waals surface area contributed by atoms with Gasteiger partial charge in [0.15, 0.2) is 0 Å². The number of methoxy groups -OCH3 is 1. The summed E-state index contributed by atoms with van der Waals surface area (Å²) in [5.74, 6) is 0.564. The molecule has 0 bridgehead atoms. The second kappa shape index (κ2) is 7.67. The fraction of sp³-hybridized carbons (Fsp3) is 0.800.